The fourth-order valence-corrected chi connectivity index (χ4v) is 7.31. The molecule has 24 heavy (non-hydrogen) atoms. The van der Waals surface area contributed by atoms with E-state index in [1.807, 2.05) is 0 Å². The molecule has 4 heteroatoms. The van der Waals surface area contributed by atoms with Gasteiger partial charge in [0.05, 0.1) is 19.3 Å². The second-order valence-corrected chi connectivity index (χ2v) is 9.42. The highest BCUT2D eigenvalue weighted by atomic mass is 16.7. The fraction of sp³-hybridized carbons (Fsp3) is 0.900. The summed E-state index contributed by atoms with van der Waals surface area (Å²) >= 11 is 0. The summed E-state index contributed by atoms with van der Waals surface area (Å²) in [5.41, 5.74) is 1.62. The van der Waals surface area contributed by atoms with E-state index in [9.17, 15) is 5.11 Å². The molecular formula is C20H28O4. The Balaban J connectivity index is 1.36. The average Bonchev–Trinajstić information content (AvgIpc) is 2.88. The fourth-order valence-electron chi connectivity index (χ4n) is 7.31. The van der Waals surface area contributed by atoms with Crippen LogP contribution in [0.1, 0.15) is 58.3 Å². The van der Waals surface area contributed by atoms with E-state index in [1.165, 1.54) is 12.8 Å². The molecule has 2 heterocycles. The maximum absolute atomic E-state index is 10.5. The van der Waals surface area contributed by atoms with Crippen LogP contribution in [0.5, 0.6) is 0 Å². The summed E-state index contributed by atoms with van der Waals surface area (Å²) in [6, 6.07) is 0. The van der Waals surface area contributed by atoms with Gasteiger partial charge >= 0.3 is 0 Å². The zero-order valence-electron chi connectivity index (χ0n) is 14.6. The van der Waals surface area contributed by atoms with Gasteiger partial charge in [0.15, 0.2) is 5.79 Å². The molecule has 1 spiro atoms. The number of rotatable bonds is 0. The lowest BCUT2D eigenvalue weighted by Crippen LogP contribution is -2.52. The van der Waals surface area contributed by atoms with Crippen molar-refractivity contribution in [2.45, 2.75) is 81.4 Å². The number of ether oxygens (including phenoxy) is 3. The molecule has 0 aromatic rings. The van der Waals surface area contributed by atoms with Crippen molar-refractivity contribution in [3.05, 3.63) is 11.6 Å². The van der Waals surface area contributed by atoms with Gasteiger partial charge in [-0.1, -0.05) is 13.0 Å². The van der Waals surface area contributed by atoms with Gasteiger partial charge in [-0.2, -0.15) is 0 Å². The third kappa shape index (κ3) is 1.52. The van der Waals surface area contributed by atoms with Gasteiger partial charge in [-0.3, -0.25) is 0 Å². The molecule has 132 valence electrons. The van der Waals surface area contributed by atoms with Crippen LogP contribution >= 0.6 is 0 Å². The number of aliphatic hydroxyl groups is 1. The van der Waals surface area contributed by atoms with Crippen molar-refractivity contribution in [1.82, 2.24) is 0 Å². The van der Waals surface area contributed by atoms with Crippen LogP contribution in [0.3, 0.4) is 0 Å². The first-order chi connectivity index (χ1) is 11.5. The molecule has 0 aromatic carbocycles. The van der Waals surface area contributed by atoms with Crippen LogP contribution in [0.15, 0.2) is 11.6 Å². The van der Waals surface area contributed by atoms with E-state index in [4.69, 9.17) is 14.2 Å². The highest BCUT2D eigenvalue weighted by Crippen LogP contribution is 2.73. The molecule has 1 N–H and O–H groups in total. The van der Waals surface area contributed by atoms with Gasteiger partial charge in [-0.05, 0) is 55.9 Å². The Hall–Kier alpha value is -0.420. The summed E-state index contributed by atoms with van der Waals surface area (Å²) in [6.45, 7) is 3.77. The topological polar surface area (TPSA) is 51.2 Å². The number of hydrogen-bond acceptors (Lipinski definition) is 4. The summed E-state index contributed by atoms with van der Waals surface area (Å²) in [5.74, 6) is 0.898. The highest BCUT2D eigenvalue weighted by molar-refractivity contribution is 5.43. The standard InChI is InChI=1S/C20H28O4/c1-17-6-5-15-13(14(17)2-3-16(17)21)4-7-18-12-19(22-10-11-23-19)8-9-20(15,18)24-18/h5,13-14,16,21H,2-4,6-12H2,1H3/t13?,14?,16-,17-,18+,20+/m0/s1. The normalized spacial score (nSPS) is 56.9. The molecule has 6 aliphatic rings. The maximum atomic E-state index is 10.5. The third-order valence-corrected chi connectivity index (χ3v) is 8.62. The van der Waals surface area contributed by atoms with E-state index in [2.05, 4.69) is 13.0 Å². The van der Waals surface area contributed by atoms with E-state index < -0.39 is 0 Å². The number of hydrogen-bond donors (Lipinski definition) is 1. The summed E-state index contributed by atoms with van der Waals surface area (Å²) < 4.78 is 18.6. The molecule has 5 fully saturated rings. The van der Waals surface area contributed by atoms with Gasteiger partial charge in [0, 0.05) is 18.3 Å². The van der Waals surface area contributed by atoms with E-state index in [0.29, 0.717) is 11.8 Å². The van der Waals surface area contributed by atoms with Crippen LogP contribution < -0.4 is 0 Å². The quantitative estimate of drug-likeness (QED) is 0.547. The van der Waals surface area contributed by atoms with Crippen molar-refractivity contribution in [2.75, 3.05) is 13.2 Å². The van der Waals surface area contributed by atoms with Crippen molar-refractivity contribution >= 4 is 0 Å². The van der Waals surface area contributed by atoms with Gasteiger partial charge in [-0.25, -0.2) is 0 Å². The smallest absolute Gasteiger partial charge is 0.171 e. The minimum atomic E-state index is -0.361. The van der Waals surface area contributed by atoms with E-state index in [0.717, 1.165) is 51.7 Å². The molecule has 2 unspecified atom stereocenters. The Bertz CT molecular complexity index is 623. The van der Waals surface area contributed by atoms with Crippen LogP contribution in [0.25, 0.3) is 0 Å². The molecule has 3 saturated carbocycles. The van der Waals surface area contributed by atoms with Crippen LogP contribution in [0, 0.1) is 17.3 Å². The Kier molecular flexibility index (Phi) is 2.62. The lowest BCUT2D eigenvalue weighted by atomic mass is 9.54. The Morgan fingerprint density at radius 3 is 2.75 bits per heavy atom. The molecule has 0 bridgehead atoms. The maximum Gasteiger partial charge on any atom is 0.171 e. The van der Waals surface area contributed by atoms with Gasteiger partial charge in [0.25, 0.3) is 0 Å². The molecule has 6 atom stereocenters. The van der Waals surface area contributed by atoms with Crippen LogP contribution in [0.2, 0.25) is 0 Å². The summed E-state index contributed by atoms with van der Waals surface area (Å²) in [4.78, 5) is 0. The molecule has 2 aliphatic heterocycles. The minimum absolute atomic E-state index is 0.0225. The zero-order valence-corrected chi connectivity index (χ0v) is 14.6. The molecule has 4 nitrogen and oxygen atoms in total. The van der Waals surface area contributed by atoms with Crippen molar-refractivity contribution in [2.24, 2.45) is 17.3 Å². The largest absolute Gasteiger partial charge is 0.393 e. The Morgan fingerprint density at radius 1 is 1.08 bits per heavy atom. The Morgan fingerprint density at radius 2 is 1.92 bits per heavy atom. The van der Waals surface area contributed by atoms with E-state index in [-0.39, 0.29) is 28.5 Å². The molecule has 6 rings (SSSR count). The average molecular weight is 332 g/mol. The van der Waals surface area contributed by atoms with Gasteiger partial charge in [-0.15, -0.1) is 0 Å². The van der Waals surface area contributed by atoms with E-state index in [1.54, 1.807) is 5.57 Å². The predicted molar refractivity (Wildman–Crippen MR) is 87.3 cm³/mol. The first-order valence-electron chi connectivity index (χ1n) is 9.89. The first kappa shape index (κ1) is 14.7. The van der Waals surface area contributed by atoms with Gasteiger partial charge in [0.2, 0.25) is 0 Å². The Labute approximate surface area is 143 Å². The van der Waals surface area contributed by atoms with Crippen molar-refractivity contribution in [3.8, 4) is 0 Å². The van der Waals surface area contributed by atoms with Crippen molar-refractivity contribution in [3.63, 3.8) is 0 Å². The summed E-state index contributed by atoms with van der Waals surface area (Å²) in [7, 11) is 0. The SMILES string of the molecule is C[C@]12CC=C3C(CC[C@@]45CC6(CC[C@@]34O5)OCCO6)C1CC[C@@H]2O. The number of allylic oxidation sites excluding steroid dienone is 1. The van der Waals surface area contributed by atoms with Gasteiger partial charge < -0.3 is 19.3 Å². The lowest BCUT2D eigenvalue weighted by molar-refractivity contribution is -0.185. The minimum Gasteiger partial charge on any atom is -0.393 e. The van der Waals surface area contributed by atoms with Crippen LogP contribution in [0.4, 0.5) is 0 Å². The molecule has 0 aromatic heterocycles. The molecular weight excluding hydrogens is 304 g/mol. The van der Waals surface area contributed by atoms with Crippen molar-refractivity contribution < 1.29 is 19.3 Å². The summed E-state index contributed by atoms with van der Waals surface area (Å²) in [6.07, 6.45) is 10.8. The number of epoxide rings is 1. The summed E-state index contributed by atoms with van der Waals surface area (Å²) in [5, 5.41) is 10.5. The van der Waals surface area contributed by atoms with Crippen molar-refractivity contribution in [1.29, 1.82) is 0 Å². The molecule has 4 aliphatic carbocycles. The van der Waals surface area contributed by atoms with Crippen LogP contribution in [-0.4, -0.2) is 41.4 Å². The highest BCUT2D eigenvalue weighted by Gasteiger charge is 2.79. The zero-order chi connectivity index (χ0) is 16.2. The van der Waals surface area contributed by atoms with E-state index >= 15 is 0 Å². The molecule has 0 radical (unpaired) electrons. The second kappa shape index (κ2) is 4.28. The molecule has 0 amide bonds. The van der Waals surface area contributed by atoms with Gasteiger partial charge in [0.1, 0.15) is 11.2 Å². The second-order valence-electron chi connectivity index (χ2n) is 9.42. The monoisotopic (exact) mass is 332 g/mol. The molecule has 2 saturated heterocycles. The van der Waals surface area contributed by atoms with Crippen LogP contribution in [-0.2, 0) is 14.2 Å². The predicted octanol–water partition coefficient (Wildman–Crippen LogP) is 2.94. The third-order valence-electron chi connectivity index (χ3n) is 8.62. The lowest BCUT2D eigenvalue weighted by Gasteiger charge is -2.49. The first-order valence-corrected chi connectivity index (χ1v) is 9.89. The number of fused-ring (bicyclic) bond motifs is 3. The number of aliphatic hydroxyl groups excluding tert-OH is 1.